The Morgan fingerprint density at radius 2 is 0.984 bits per heavy atom. The average Bonchev–Trinajstić information content (AvgIpc) is 3.23. The normalized spacial score (nSPS) is 10.7. The van der Waals surface area contributed by atoms with Crippen LogP contribution in [0.15, 0.2) is 152 Å². The summed E-state index contributed by atoms with van der Waals surface area (Å²) in [5.74, 6) is 4.47. The van der Waals surface area contributed by atoms with E-state index in [-0.39, 0.29) is 37.6 Å². The number of phenolic OH excluding ortho intramolecular Hbond substituents is 1. The summed E-state index contributed by atoms with van der Waals surface area (Å²) >= 11 is 0. The highest BCUT2D eigenvalue weighted by Gasteiger charge is 2.23. The Morgan fingerprint density at radius 3 is 1.42 bits per heavy atom. The van der Waals surface area contributed by atoms with Crippen LogP contribution in [0.2, 0.25) is 0 Å². The lowest BCUT2D eigenvalue weighted by molar-refractivity contribution is -0.0000196. The summed E-state index contributed by atoms with van der Waals surface area (Å²) in [6.45, 7) is 15.4. The molecule has 6 aromatic carbocycles. The molecule has 6 rings (SSSR count). The average molecular weight is 893 g/mol. The monoisotopic (exact) mass is 892 g/mol. The Balaban J connectivity index is 0.00000112. The van der Waals surface area contributed by atoms with Gasteiger partial charge in [-0.05, 0) is 109 Å². The summed E-state index contributed by atoms with van der Waals surface area (Å²) in [6.07, 6.45) is 0. The largest absolute Gasteiger partial charge is 1.00 e. The van der Waals surface area contributed by atoms with Crippen molar-refractivity contribution in [1.29, 1.82) is 0 Å². The smallest absolute Gasteiger partial charge is 1.00 e. The molecule has 0 radical (unpaired) electrons. The van der Waals surface area contributed by atoms with Crippen molar-refractivity contribution in [3.05, 3.63) is 174 Å². The van der Waals surface area contributed by atoms with Crippen LogP contribution in [0.5, 0.6) is 40.2 Å². The Bertz CT molecular complexity index is 2080. The van der Waals surface area contributed by atoms with E-state index in [1.165, 1.54) is 0 Å². The van der Waals surface area contributed by atoms with Crippen LogP contribution >= 0.6 is 0 Å². The first-order valence-electron chi connectivity index (χ1n) is 20.6. The standard InChI is InChI=1S/C25H28O4.C25H28O3.2CH4.BF3.FH/c1-4-28-24-14-13-20(16-23(24)26)25(2,3)18-27-17-19-9-8-12-22(15-19)29-21-10-6-5-7-11-21;1-4-27-22-15-13-21(14-16-22)25(2,3)19-26-18-20-9-8-12-24(17-20)28-23-10-6-5-7-11-23;;;2-1(3)4;/h5-16,26H,4,17-18H2,1-3H3;5-17H,4,18-19H2,1-3H3;2*1H4;;1H/i;15T;;;;/hT. The minimum Gasteiger partial charge on any atom is -1.00 e. The van der Waals surface area contributed by atoms with Crippen molar-refractivity contribution in [2.45, 2.75) is 80.4 Å². The van der Waals surface area contributed by atoms with E-state index in [2.05, 4.69) is 27.7 Å². The van der Waals surface area contributed by atoms with E-state index in [1.807, 2.05) is 147 Å². The lowest BCUT2D eigenvalue weighted by Gasteiger charge is -2.25. The molecular weight excluding hydrogens is 823 g/mol. The van der Waals surface area contributed by atoms with Crippen LogP contribution in [0, 0.1) is 0 Å². The summed E-state index contributed by atoms with van der Waals surface area (Å²) in [5, 5.41) is 10.2. The van der Waals surface area contributed by atoms with Gasteiger partial charge in [0.15, 0.2) is 11.5 Å². The number of para-hydroxylation sites is 2. The number of hydrogen-bond acceptors (Lipinski definition) is 7. The molecule has 0 bridgehead atoms. The fraction of sp³-hybridized carbons (Fsp3) is 0.308. The Hall–Kier alpha value is -5.98. The maximum absolute atomic E-state index is 10.2. The van der Waals surface area contributed by atoms with E-state index in [0.29, 0.717) is 57.2 Å². The highest BCUT2D eigenvalue weighted by molar-refractivity contribution is 6.33. The van der Waals surface area contributed by atoms with E-state index >= 15 is 0 Å². The molecule has 0 saturated carbocycles. The zero-order valence-electron chi connectivity index (χ0n) is 38.1. The topological polar surface area (TPSA) is 75.6 Å². The number of hydrogen-bond donors (Lipinski definition) is 1. The van der Waals surface area contributed by atoms with E-state index in [9.17, 15) is 18.1 Å². The second-order valence-corrected chi connectivity index (χ2v) is 15.1. The number of ether oxygens (including phenoxy) is 6. The highest BCUT2D eigenvalue weighted by Crippen LogP contribution is 2.33. The molecule has 0 aromatic heterocycles. The fourth-order valence-corrected chi connectivity index (χ4v) is 5.95. The predicted molar refractivity (Wildman–Crippen MR) is 252 cm³/mol. The first-order chi connectivity index (χ1) is 29.7. The number of benzene rings is 6. The van der Waals surface area contributed by atoms with Crippen molar-refractivity contribution in [3.63, 3.8) is 0 Å². The van der Waals surface area contributed by atoms with Gasteiger partial charge in [-0.15, -0.1) is 0 Å². The first-order valence-corrected chi connectivity index (χ1v) is 20.1. The third-order valence-corrected chi connectivity index (χ3v) is 9.12. The van der Waals surface area contributed by atoms with Gasteiger partial charge in [0.2, 0.25) is 0 Å². The van der Waals surface area contributed by atoms with E-state index in [1.54, 1.807) is 12.1 Å². The quantitative estimate of drug-likeness (QED) is 0.0680. The zero-order valence-corrected chi connectivity index (χ0v) is 36.1. The predicted octanol–water partition coefficient (Wildman–Crippen LogP) is 11.7. The van der Waals surface area contributed by atoms with E-state index < -0.39 is 7.54 Å². The molecule has 0 aliphatic rings. The number of halogens is 4. The third kappa shape index (κ3) is 19.6. The molecule has 0 heterocycles. The molecule has 346 valence electrons. The Morgan fingerprint density at radius 1 is 0.547 bits per heavy atom. The summed E-state index contributed by atoms with van der Waals surface area (Å²) in [4.78, 5) is 0. The van der Waals surface area contributed by atoms with Crippen LogP contribution in [0.3, 0.4) is 0 Å². The van der Waals surface area contributed by atoms with Gasteiger partial charge < -0.3 is 38.2 Å². The molecule has 0 atom stereocenters. The van der Waals surface area contributed by atoms with E-state index in [4.69, 9.17) is 29.8 Å². The van der Waals surface area contributed by atoms with Gasteiger partial charge in [0.05, 0.1) is 41.0 Å². The Kier molecular flexibility index (Phi) is 24.3. The van der Waals surface area contributed by atoms with Gasteiger partial charge >= 0.3 is 8.97 Å². The second-order valence-electron chi connectivity index (χ2n) is 15.1. The zero-order chi connectivity index (χ0) is 45.0. The molecule has 1 N–H and O–H groups in total. The van der Waals surface area contributed by atoms with Crippen molar-refractivity contribution in [2.24, 2.45) is 0 Å². The van der Waals surface area contributed by atoms with Gasteiger partial charge in [-0.25, -0.2) is 0 Å². The molecule has 0 saturated heterocycles. The Labute approximate surface area is 381 Å². The number of rotatable bonds is 18. The summed E-state index contributed by atoms with van der Waals surface area (Å²) in [6, 6.07) is 47.0. The minimum atomic E-state index is -3.67. The van der Waals surface area contributed by atoms with Crippen molar-refractivity contribution < 1.29 is 54.0 Å². The lowest BCUT2D eigenvalue weighted by Crippen LogP contribution is -3.00. The molecule has 0 aliphatic carbocycles. The van der Waals surface area contributed by atoms with Gasteiger partial charge in [-0.3, -0.25) is 12.9 Å². The highest BCUT2D eigenvalue weighted by atomic mass is 19.4. The van der Waals surface area contributed by atoms with E-state index in [0.717, 1.165) is 45.3 Å². The van der Waals surface area contributed by atoms with Crippen LogP contribution in [0.4, 0.5) is 12.9 Å². The lowest BCUT2D eigenvalue weighted by atomic mass is 9.85. The maximum Gasteiger partial charge on any atom is 1.00 e. The van der Waals surface area contributed by atoms with Gasteiger partial charge in [-0.2, -0.15) is 0 Å². The fourth-order valence-electron chi connectivity index (χ4n) is 5.95. The maximum atomic E-state index is 10.2. The van der Waals surface area contributed by atoms with Crippen LogP contribution in [-0.4, -0.2) is 39.1 Å². The van der Waals surface area contributed by atoms with Crippen molar-refractivity contribution in [1.82, 2.24) is 0 Å². The van der Waals surface area contributed by atoms with Gasteiger partial charge in [-0.1, -0.05) is 121 Å². The molecule has 0 amide bonds. The van der Waals surface area contributed by atoms with Crippen LogP contribution in [0.25, 0.3) is 0 Å². The number of aromatic hydroxyl groups is 1. The van der Waals surface area contributed by atoms with Crippen LogP contribution in [0.1, 0.15) is 81.4 Å². The summed E-state index contributed by atoms with van der Waals surface area (Å²) < 4.78 is 71.8. The molecule has 0 spiro atoms. The van der Waals surface area contributed by atoms with Crippen molar-refractivity contribution in [3.8, 4) is 40.2 Å². The first kappa shape index (κ1) is 54.2. The third-order valence-electron chi connectivity index (χ3n) is 9.12. The number of phenols is 1. The van der Waals surface area contributed by atoms with Crippen LogP contribution < -0.4 is 23.7 Å². The molecule has 0 fully saturated rings. The summed E-state index contributed by atoms with van der Waals surface area (Å²) in [7, 11) is -3.67. The molecule has 64 heavy (non-hydrogen) atoms. The van der Waals surface area contributed by atoms with Crippen molar-refractivity contribution >= 4 is 7.54 Å². The van der Waals surface area contributed by atoms with Gasteiger partial charge in [0, 0.05) is 10.8 Å². The van der Waals surface area contributed by atoms with Gasteiger partial charge in [0.1, 0.15) is 28.7 Å². The molecule has 0 unspecified atom stereocenters. The van der Waals surface area contributed by atoms with Crippen LogP contribution in [-0.2, 0) is 33.5 Å². The summed E-state index contributed by atoms with van der Waals surface area (Å²) in [5.41, 5.74) is 3.71. The molecule has 7 nitrogen and oxygen atoms in total. The van der Waals surface area contributed by atoms with Crippen molar-refractivity contribution in [2.75, 3.05) is 26.4 Å². The SMILES string of the molecule is C.C.CCOc1ccc(C(C)(C)COCc2cccc(Oc3ccccc3)c2)cc1O.FB(F)F.[3H+].[3H]c1cc(C(C)(C)COCc2cccc(Oc3ccccc3)c2)ccc1OCC.[F-]. The van der Waals surface area contributed by atoms with Gasteiger partial charge in [0.25, 0.3) is 0 Å². The molecule has 6 aromatic rings. The molecular formula is C52H65BF4O7. The molecule has 0 aliphatic heterocycles. The molecule has 12 heteroatoms. The second kappa shape index (κ2) is 28.7. The minimum absolute atomic E-state index is 0.